The van der Waals surface area contributed by atoms with Crippen molar-refractivity contribution < 1.29 is 4.79 Å². The molecule has 0 aliphatic heterocycles. The standard InChI is InChI=1S/C18H25BN2O/c19-13-7-3-5-12(6-4-8-13)15-11-17(18(20)22)21-16-10-2-1-9-14(15)16/h11-13H,1-10H2,(H2,20,22). The van der Waals surface area contributed by atoms with Gasteiger partial charge in [-0.25, -0.2) is 4.98 Å². The average Bonchev–Trinajstić information content (AvgIpc) is 2.49. The largest absolute Gasteiger partial charge is 0.364 e. The predicted octanol–water partition coefficient (Wildman–Crippen LogP) is 3.45. The Kier molecular flexibility index (Phi) is 4.85. The molecule has 0 aromatic carbocycles. The summed E-state index contributed by atoms with van der Waals surface area (Å²) in [5.74, 6) is 0.511. The van der Waals surface area contributed by atoms with Crippen molar-refractivity contribution in [1.82, 2.24) is 4.98 Å². The first-order valence-electron chi connectivity index (χ1n) is 8.73. The monoisotopic (exact) mass is 296 g/mol. The van der Waals surface area contributed by atoms with Gasteiger partial charge in [0.25, 0.3) is 5.91 Å². The number of hydrogen-bond donors (Lipinski definition) is 1. The van der Waals surface area contributed by atoms with E-state index < -0.39 is 5.91 Å². The van der Waals surface area contributed by atoms with E-state index in [0.29, 0.717) is 17.4 Å². The maximum atomic E-state index is 11.6. The Morgan fingerprint density at radius 2 is 1.77 bits per heavy atom. The lowest BCUT2D eigenvalue weighted by Gasteiger charge is -2.27. The van der Waals surface area contributed by atoms with Gasteiger partial charge in [0, 0.05) is 5.69 Å². The second kappa shape index (κ2) is 6.85. The molecule has 0 saturated heterocycles. The molecule has 2 N–H and O–H groups in total. The third-order valence-corrected chi connectivity index (χ3v) is 5.28. The molecule has 1 heterocycles. The van der Waals surface area contributed by atoms with E-state index in [1.807, 2.05) is 6.07 Å². The highest BCUT2D eigenvalue weighted by Gasteiger charge is 2.24. The summed E-state index contributed by atoms with van der Waals surface area (Å²) in [5, 5.41) is 0. The van der Waals surface area contributed by atoms with Crippen molar-refractivity contribution in [2.45, 2.75) is 75.9 Å². The van der Waals surface area contributed by atoms with Gasteiger partial charge in [0.2, 0.25) is 0 Å². The summed E-state index contributed by atoms with van der Waals surface area (Å²) in [4.78, 5) is 16.2. The van der Waals surface area contributed by atoms with Crippen LogP contribution >= 0.6 is 0 Å². The van der Waals surface area contributed by atoms with Crippen LogP contribution in [-0.4, -0.2) is 18.7 Å². The van der Waals surface area contributed by atoms with Gasteiger partial charge in [-0.3, -0.25) is 4.79 Å². The molecule has 116 valence electrons. The fourth-order valence-electron chi connectivity index (χ4n) is 4.08. The number of carbonyl (C=O) groups is 1. The SMILES string of the molecule is [B]C1CCCC(c2cc(C(N)=O)nc3c2CCCC3)CCC1. The summed E-state index contributed by atoms with van der Waals surface area (Å²) in [6, 6.07) is 1.98. The van der Waals surface area contributed by atoms with E-state index in [4.69, 9.17) is 13.6 Å². The number of rotatable bonds is 2. The summed E-state index contributed by atoms with van der Waals surface area (Å²) in [5.41, 5.74) is 9.84. The number of hydrogen-bond acceptors (Lipinski definition) is 2. The number of amides is 1. The molecule has 2 aliphatic carbocycles. The molecule has 22 heavy (non-hydrogen) atoms. The number of nitrogens with zero attached hydrogens (tertiary/aromatic N) is 1. The first-order valence-corrected chi connectivity index (χ1v) is 8.73. The van der Waals surface area contributed by atoms with Crippen LogP contribution < -0.4 is 5.73 Å². The number of pyridine rings is 1. The Balaban J connectivity index is 1.93. The highest BCUT2D eigenvalue weighted by atomic mass is 16.1. The van der Waals surface area contributed by atoms with E-state index >= 15 is 0 Å². The van der Waals surface area contributed by atoms with Gasteiger partial charge in [-0.2, -0.15) is 0 Å². The molecule has 0 bridgehead atoms. The molecule has 1 aromatic heterocycles. The number of primary amides is 1. The normalized spacial score (nSPS) is 25.8. The van der Waals surface area contributed by atoms with E-state index in [1.54, 1.807) is 0 Å². The molecule has 0 atom stereocenters. The Hall–Kier alpha value is -1.32. The van der Waals surface area contributed by atoms with E-state index in [1.165, 1.54) is 49.7 Å². The molecule has 1 aromatic rings. The fraction of sp³-hybridized carbons (Fsp3) is 0.667. The third kappa shape index (κ3) is 3.36. The zero-order valence-electron chi connectivity index (χ0n) is 13.3. The lowest BCUT2D eigenvalue weighted by molar-refractivity contribution is 0.0995. The molecule has 1 saturated carbocycles. The van der Waals surface area contributed by atoms with Gasteiger partial charge in [0.05, 0.1) is 7.85 Å². The summed E-state index contributed by atoms with van der Waals surface area (Å²) in [6.45, 7) is 0. The molecule has 2 aliphatic rings. The average molecular weight is 296 g/mol. The Morgan fingerprint density at radius 3 is 2.45 bits per heavy atom. The Bertz CT molecular complexity index is 548. The summed E-state index contributed by atoms with van der Waals surface area (Å²) in [6.07, 6.45) is 11.4. The second-order valence-corrected chi connectivity index (χ2v) is 6.91. The van der Waals surface area contributed by atoms with Crippen molar-refractivity contribution in [2.75, 3.05) is 0 Å². The van der Waals surface area contributed by atoms with Crippen LogP contribution in [0.3, 0.4) is 0 Å². The number of aromatic nitrogens is 1. The van der Waals surface area contributed by atoms with Crippen molar-refractivity contribution >= 4 is 13.8 Å². The highest BCUT2D eigenvalue weighted by molar-refractivity contribution is 6.11. The first kappa shape index (κ1) is 15.6. The van der Waals surface area contributed by atoms with Crippen molar-refractivity contribution in [3.63, 3.8) is 0 Å². The maximum absolute atomic E-state index is 11.6. The lowest BCUT2D eigenvalue weighted by atomic mass is 9.73. The van der Waals surface area contributed by atoms with Crippen LogP contribution in [0, 0.1) is 0 Å². The summed E-state index contributed by atoms with van der Waals surface area (Å²) in [7, 11) is 6.09. The van der Waals surface area contributed by atoms with Crippen LogP contribution in [0.2, 0.25) is 5.82 Å². The third-order valence-electron chi connectivity index (χ3n) is 5.28. The Morgan fingerprint density at radius 1 is 1.09 bits per heavy atom. The molecule has 3 nitrogen and oxygen atoms in total. The smallest absolute Gasteiger partial charge is 0.267 e. The van der Waals surface area contributed by atoms with Crippen molar-refractivity contribution in [1.29, 1.82) is 0 Å². The zero-order valence-corrected chi connectivity index (χ0v) is 13.3. The van der Waals surface area contributed by atoms with Crippen LogP contribution in [0.1, 0.15) is 84.6 Å². The minimum Gasteiger partial charge on any atom is -0.364 e. The summed E-state index contributed by atoms with van der Waals surface area (Å²) >= 11 is 0. The molecule has 3 rings (SSSR count). The van der Waals surface area contributed by atoms with E-state index in [2.05, 4.69) is 4.98 Å². The minimum absolute atomic E-state index is 0.369. The van der Waals surface area contributed by atoms with Crippen molar-refractivity contribution in [2.24, 2.45) is 5.73 Å². The van der Waals surface area contributed by atoms with Crippen molar-refractivity contribution in [3.8, 4) is 0 Å². The van der Waals surface area contributed by atoms with E-state index in [-0.39, 0.29) is 0 Å². The predicted molar refractivity (Wildman–Crippen MR) is 89.3 cm³/mol. The molecule has 1 amide bonds. The van der Waals surface area contributed by atoms with Gasteiger partial charge in [-0.15, -0.1) is 0 Å². The molecule has 0 unspecified atom stereocenters. The number of aryl methyl sites for hydroxylation is 1. The van der Waals surface area contributed by atoms with E-state index in [9.17, 15) is 4.79 Å². The fourth-order valence-corrected chi connectivity index (χ4v) is 4.08. The first-order chi connectivity index (χ1) is 10.6. The Labute approximate surface area is 134 Å². The van der Waals surface area contributed by atoms with Crippen LogP contribution in [-0.2, 0) is 12.8 Å². The number of carbonyl (C=O) groups excluding carboxylic acids is 1. The van der Waals surface area contributed by atoms with Gasteiger partial charge < -0.3 is 5.73 Å². The van der Waals surface area contributed by atoms with Crippen LogP contribution in [0.25, 0.3) is 0 Å². The maximum Gasteiger partial charge on any atom is 0.267 e. The molecule has 0 spiro atoms. The van der Waals surface area contributed by atoms with Gasteiger partial charge in [0.1, 0.15) is 5.69 Å². The van der Waals surface area contributed by atoms with Crippen molar-refractivity contribution in [3.05, 3.63) is 28.6 Å². The second-order valence-electron chi connectivity index (χ2n) is 6.91. The van der Waals surface area contributed by atoms with Gasteiger partial charge in [-0.1, -0.05) is 31.5 Å². The van der Waals surface area contributed by atoms with Gasteiger partial charge in [0.15, 0.2) is 0 Å². The minimum atomic E-state index is -0.400. The molecule has 2 radical (unpaired) electrons. The van der Waals surface area contributed by atoms with E-state index in [0.717, 1.165) is 31.4 Å². The van der Waals surface area contributed by atoms with Gasteiger partial charge >= 0.3 is 0 Å². The number of fused-ring (bicyclic) bond motifs is 1. The zero-order chi connectivity index (χ0) is 15.5. The highest BCUT2D eigenvalue weighted by Crippen LogP contribution is 2.37. The molecular formula is C18H25BN2O. The molecule has 1 fully saturated rings. The summed E-state index contributed by atoms with van der Waals surface area (Å²) < 4.78 is 0. The van der Waals surface area contributed by atoms with Gasteiger partial charge in [-0.05, 0) is 61.6 Å². The van der Waals surface area contributed by atoms with Crippen LogP contribution in [0.15, 0.2) is 6.07 Å². The topological polar surface area (TPSA) is 56.0 Å². The molecule has 4 heteroatoms. The quantitative estimate of drug-likeness (QED) is 0.850. The number of nitrogens with two attached hydrogens (primary N) is 1. The molecular weight excluding hydrogens is 271 g/mol. The van der Waals surface area contributed by atoms with Crippen LogP contribution in [0.4, 0.5) is 0 Å². The van der Waals surface area contributed by atoms with Crippen LogP contribution in [0.5, 0.6) is 0 Å². The lowest BCUT2D eigenvalue weighted by Crippen LogP contribution is -2.20.